The molecular formula is C18H21N7OS. The lowest BCUT2D eigenvalue weighted by atomic mass is 10.2. The highest BCUT2D eigenvalue weighted by Gasteiger charge is 2.40. The van der Waals surface area contributed by atoms with E-state index < -0.39 is 0 Å². The van der Waals surface area contributed by atoms with Crippen LogP contribution in [0.1, 0.15) is 39.6 Å². The number of rotatable bonds is 7. The van der Waals surface area contributed by atoms with Gasteiger partial charge in [-0.25, -0.2) is 4.98 Å². The van der Waals surface area contributed by atoms with E-state index >= 15 is 0 Å². The Balaban J connectivity index is 1.32. The zero-order valence-electron chi connectivity index (χ0n) is 15.5. The van der Waals surface area contributed by atoms with Gasteiger partial charge >= 0.3 is 0 Å². The molecule has 0 aliphatic heterocycles. The van der Waals surface area contributed by atoms with E-state index in [4.69, 9.17) is 4.74 Å². The van der Waals surface area contributed by atoms with E-state index in [2.05, 4.69) is 41.7 Å². The second-order valence-electron chi connectivity index (χ2n) is 6.72. The molecule has 0 saturated heterocycles. The van der Waals surface area contributed by atoms with Crippen molar-refractivity contribution in [2.45, 2.75) is 39.7 Å². The molecule has 1 aliphatic carbocycles. The first kappa shape index (κ1) is 17.7. The lowest BCUT2D eigenvalue weighted by Gasteiger charge is -2.09. The fourth-order valence-electron chi connectivity index (χ4n) is 2.87. The van der Waals surface area contributed by atoms with E-state index in [1.165, 1.54) is 0 Å². The number of nitrogens with zero attached hydrogens (tertiary/aromatic N) is 6. The van der Waals surface area contributed by atoms with E-state index in [1.807, 2.05) is 32.9 Å². The van der Waals surface area contributed by atoms with Crippen molar-refractivity contribution in [2.75, 3.05) is 11.9 Å². The normalized spacial score (nSPS) is 18.3. The number of nitrogens with one attached hydrogen (secondary N) is 1. The summed E-state index contributed by atoms with van der Waals surface area (Å²) in [6.45, 7) is 6.94. The summed E-state index contributed by atoms with van der Waals surface area (Å²) in [6.07, 6.45) is 1.07. The zero-order valence-corrected chi connectivity index (χ0v) is 16.3. The average Bonchev–Trinajstić information content (AvgIpc) is 3.30. The number of ether oxygens (including phenoxy) is 1. The van der Waals surface area contributed by atoms with E-state index in [9.17, 15) is 0 Å². The van der Waals surface area contributed by atoms with Crippen molar-refractivity contribution in [3.63, 3.8) is 0 Å². The third-order valence-corrected chi connectivity index (χ3v) is 5.21. The van der Waals surface area contributed by atoms with Crippen LogP contribution in [0.2, 0.25) is 0 Å². The molecule has 9 heteroatoms. The summed E-state index contributed by atoms with van der Waals surface area (Å²) in [5.41, 5.74) is 1.98. The van der Waals surface area contributed by atoms with Crippen LogP contribution in [0.4, 0.5) is 5.82 Å². The van der Waals surface area contributed by atoms with Gasteiger partial charge in [0.15, 0.2) is 0 Å². The van der Waals surface area contributed by atoms with Crippen LogP contribution in [-0.4, -0.2) is 37.0 Å². The first-order valence-electron chi connectivity index (χ1n) is 8.88. The summed E-state index contributed by atoms with van der Waals surface area (Å²) in [6, 6.07) is 5.88. The maximum atomic E-state index is 5.92. The molecular weight excluding hydrogens is 362 g/mol. The molecule has 0 amide bonds. The van der Waals surface area contributed by atoms with Gasteiger partial charge in [-0.3, -0.25) is 0 Å². The minimum absolute atomic E-state index is 0.430. The summed E-state index contributed by atoms with van der Waals surface area (Å²) >= 11 is 1.57. The Morgan fingerprint density at radius 3 is 2.74 bits per heavy atom. The number of aryl methyl sites for hydroxylation is 3. The van der Waals surface area contributed by atoms with Crippen LogP contribution in [0.3, 0.4) is 0 Å². The van der Waals surface area contributed by atoms with Gasteiger partial charge in [-0.05, 0) is 39.3 Å². The molecule has 2 atom stereocenters. The summed E-state index contributed by atoms with van der Waals surface area (Å²) in [7, 11) is 0. The lowest BCUT2D eigenvalue weighted by molar-refractivity contribution is 0.284. The van der Waals surface area contributed by atoms with Crippen molar-refractivity contribution in [1.82, 2.24) is 30.4 Å². The average molecular weight is 383 g/mol. The molecule has 0 bridgehead atoms. The van der Waals surface area contributed by atoms with Crippen LogP contribution in [0.15, 0.2) is 18.2 Å². The van der Waals surface area contributed by atoms with Crippen LogP contribution < -0.4 is 10.1 Å². The van der Waals surface area contributed by atoms with E-state index in [-0.39, 0.29) is 0 Å². The summed E-state index contributed by atoms with van der Waals surface area (Å²) in [4.78, 5) is 8.78. The molecule has 1 saturated carbocycles. The van der Waals surface area contributed by atoms with Crippen LogP contribution in [0.5, 0.6) is 5.88 Å². The minimum Gasteiger partial charge on any atom is -0.477 e. The third-order valence-electron chi connectivity index (χ3n) is 4.37. The van der Waals surface area contributed by atoms with Crippen molar-refractivity contribution >= 4 is 17.2 Å². The zero-order chi connectivity index (χ0) is 18.8. The van der Waals surface area contributed by atoms with Crippen LogP contribution >= 0.6 is 11.3 Å². The molecule has 3 aromatic rings. The maximum absolute atomic E-state index is 5.92. The van der Waals surface area contributed by atoms with Crippen LogP contribution in [-0.2, 0) is 6.54 Å². The first-order valence-corrected chi connectivity index (χ1v) is 9.70. The van der Waals surface area contributed by atoms with Gasteiger partial charge in [0.1, 0.15) is 21.7 Å². The van der Waals surface area contributed by atoms with Crippen molar-refractivity contribution < 1.29 is 4.74 Å². The van der Waals surface area contributed by atoms with Crippen molar-refractivity contribution in [1.29, 1.82) is 0 Å². The molecule has 1 N–H and O–H groups in total. The van der Waals surface area contributed by atoms with E-state index in [0.717, 1.165) is 33.6 Å². The molecule has 0 radical (unpaired) electrons. The molecule has 0 spiro atoms. The van der Waals surface area contributed by atoms with Gasteiger partial charge < -0.3 is 10.1 Å². The first-order chi connectivity index (χ1) is 13.1. The monoisotopic (exact) mass is 383 g/mol. The largest absolute Gasteiger partial charge is 0.477 e. The van der Waals surface area contributed by atoms with Crippen molar-refractivity contribution in [3.8, 4) is 5.88 Å². The molecule has 4 rings (SSSR count). The molecule has 3 heterocycles. The number of hydrogen-bond donors (Lipinski definition) is 1. The number of hydrogen-bond acceptors (Lipinski definition) is 9. The summed E-state index contributed by atoms with van der Waals surface area (Å²) in [5, 5.41) is 21.7. The fourth-order valence-corrected chi connectivity index (χ4v) is 3.52. The molecule has 140 valence electrons. The standard InChI is InChI=1S/C18H21N7OS/c1-10-4-5-15(24-22-10)14-6-13(14)9-26-17-7-16(20-11(2)21-17)19-8-18-25-23-12(3)27-18/h4-5,7,13-14H,6,8-9H2,1-3H3,(H,19,20,21). The lowest BCUT2D eigenvalue weighted by Crippen LogP contribution is -2.07. The smallest absolute Gasteiger partial charge is 0.218 e. The topological polar surface area (TPSA) is 98.6 Å². The molecule has 1 fully saturated rings. The molecule has 1 aliphatic rings. The van der Waals surface area contributed by atoms with E-state index in [0.29, 0.717) is 36.7 Å². The SMILES string of the molecule is Cc1ccc(C2CC2COc2cc(NCc3nnc(C)s3)nc(C)n2)nn1. The third kappa shape index (κ3) is 4.54. The Kier molecular flexibility index (Phi) is 4.93. The highest BCUT2D eigenvalue weighted by molar-refractivity contribution is 7.11. The molecule has 0 aromatic carbocycles. The Morgan fingerprint density at radius 1 is 1.11 bits per heavy atom. The summed E-state index contributed by atoms with van der Waals surface area (Å²) in [5.74, 6) is 2.86. The minimum atomic E-state index is 0.430. The fraction of sp³-hybridized carbons (Fsp3) is 0.444. The van der Waals surface area contributed by atoms with Gasteiger partial charge in [-0.15, -0.1) is 10.2 Å². The molecule has 27 heavy (non-hydrogen) atoms. The van der Waals surface area contributed by atoms with Gasteiger partial charge in [0.25, 0.3) is 0 Å². The Hall–Kier alpha value is -2.68. The highest BCUT2D eigenvalue weighted by atomic mass is 32.1. The Morgan fingerprint density at radius 2 is 2.00 bits per heavy atom. The van der Waals surface area contributed by atoms with Crippen molar-refractivity contribution in [3.05, 3.63) is 45.4 Å². The van der Waals surface area contributed by atoms with Gasteiger partial charge in [0.2, 0.25) is 5.88 Å². The van der Waals surface area contributed by atoms with E-state index in [1.54, 1.807) is 11.3 Å². The van der Waals surface area contributed by atoms with Crippen molar-refractivity contribution in [2.24, 2.45) is 5.92 Å². The van der Waals surface area contributed by atoms with Gasteiger partial charge in [0.05, 0.1) is 24.5 Å². The van der Waals surface area contributed by atoms with Crippen LogP contribution in [0.25, 0.3) is 0 Å². The van der Waals surface area contributed by atoms with Gasteiger partial charge in [-0.1, -0.05) is 11.3 Å². The summed E-state index contributed by atoms with van der Waals surface area (Å²) < 4.78 is 5.92. The second-order valence-corrected chi connectivity index (χ2v) is 7.99. The molecule has 8 nitrogen and oxygen atoms in total. The maximum Gasteiger partial charge on any atom is 0.218 e. The highest BCUT2D eigenvalue weighted by Crippen LogP contribution is 2.46. The Labute approximate surface area is 161 Å². The molecule has 3 aromatic heterocycles. The van der Waals surface area contributed by atoms with Gasteiger partial charge in [0, 0.05) is 17.9 Å². The quantitative estimate of drug-likeness (QED) is 0.665. The number of aromatic nitrogens is 6. The van der Waals surface area contributed by atoms with Gasteiger partial charge in [-0.2, -0.15) is 15.2 Å². The second kappa shape index (κ2) is 7.51. The predicted octanol–water partition coefficient (Wildman–Crippen LogP) is 2.84. The predicted molar refractivity (Wildman–Crippen MR) is 102 cm³/mol. The van der Waals surface area contributed by atoms with Crippen LogP contribution in [0, 0.1) is 26.7 Å². The molecule has 2 unspecified atom stereocenters. The Bertz CT molecular complexity index is 928. The number of anilines is 1.